The average molecular weight is 318 g/mol. The zero-order chi connectivity index (χ0) is 17.1. The predicted molar refractivity (Wildman–Crippen MR) is 94.3 cm³/mol. The summed E-state index contributed by atoms with van der Waals surface area (Å²) in [6, 6.07) is 17.0. The van der Waals surface area contributed by atoms with E-state index >= 15 is 0 Å². The van der Waals surface area contributed by atoms with E-state index in [1.807, 2.05) is 43.3 Å². The van der Waals surface area contributed by atoms with Gasteiger partial charge >= 0.3 is 0 Å². The standard InChI is InChI=1S/C20H18N2O2/c1-14-3-5-16(6-4-14)12-22-20(24)15(2)11-19(21-22)18-9-7-17(13-23)8-10-18/h3-11,13H,12H2,1-2H3. The van der Waals surface area contributed by atoms with E-state index in [1.165, 1.54) is 10.2 Å². The number of hydrogen-bond donors (Lipinski definition) is 0. The molecule has 0 atom stereocenters. The van der Waals surface area contributed by atoms with Gasteiger partial charge in [-0.05, 0) is 25.5 Å². The Labute approximate surface area is 140 Å². The van der Waals surface area contributed by atoms with Gasteiger partial charge < -0.3 is 0 Å². The van der Waals surface area contributed by atoms with Crippen LogP contribution in [0.15, 0.2) is 59.4 Å². The number of carbonyl (C=O) groups excluding carboxylic acids is 1. The lowest BCUT2D eigenvalue weighted by Crippen LogP contribution is -2.25. The Morgan fingerprint density at radius 1 is 1.00 bits per heavy atom. The molecular weight excluding hydrogens is 300 g/mol. The zero-order valence-electron chi connectivity index (χ0n) is 13.7. The van der Waals surface area contributed by atoms with Gasteiger partial charge in [0.1, 0.15) is 6.29 Å². The molecule has 0 aliphatic heterocycles. The van der Waals surface area contributed by atoms with Gasteiger partial charge in [-0.25, -0.2) is 4.68 Å². The van der Waals surface area contributed by atoms with Crippen LogP contribution in [-0.4, -0.2) is 16.1 Å². The van der Waals surface area contributed by atoms with Crippen LogP contribution in [0.5, 0.6) is 0 Å². The molecule has 0 fully saturated rings. The van der Waals surface area contributed by atoms with Gasteiger partial charge in [0, 0.05) is 16.7 Å². The van der Waals surface area contributed by atoms with Crippen molar-refractivity contribution in [2.24, 2.45) is 0 Å². The SMILES string of the molecule is Cc1ccc(Cn2nc(-c3ccc(C=O)cc3)cc(C)c2=O)cc1. The van der Waals surface area contributed by atoms with Crippen molar-refractivity contribution >= 4 is 6.29 Å². The molecule has 2 aromatic carbocycles. The molecule has 0 spiro atoms. The van der Waals surface area contributed by atoms with Crippen LogP contribution in [0.3, 0.4) is 0 Å². The summed E-state index contributed by atoms with van der Waals surface area (Å²) >= 11 is 0. The monoisotopic (exact) mass is 318 g/mol. The van der Waals surface area contributed by atoms with Gasteiger partial charge in [-0.3, -0.25) is 9.59 Å². The predicted octanol–water partition coefficient (Wildman–Crippen LogP) is 3.39. The van der Waals surface area contributed by atoms with Crippen LogP contribution in [-0.2, 0) is 6.54 Å². The second kappa shape index (κ2) is 6.62. The highest BCUT2D eigenvalue weighted by atomic mass is 16.1. The molecule has 120 valence electrons. The van der Waals surface area contributed by atoms with Crippen LogP contribution in [0.4, 0.5) is 0 Å². The van der Waals surface area contributed by atoms with Gasteiger partial charge in [0.05, 0.1) is 12.2 Å². The Morgan fingerprint density at radius 2 is 1.67 bits per heavy atom. The van der Waals surface area contributed by atoms with Gasteiger partial charge in [0.2, 0.25) is 0 Å². The molecule has 1 heterocycles. The number of aromatic nitrogens is 2. The number of hydrogen-bond acceptors (Lipinski definition) is 3. The van der Waals surface area contributed by atoms with Crippen LogP contribution in [0.1, 0.15) is 27.0 Å². The molecule has 0 saturated carbocycles. The van der Waals surface area contributed by atoms with Crippen molar-refractivity contribution in [3.63, 3.8) is 0 Å². The van der Waals surface area contributed by atoms with Crippen molar-refractivity contribution in [1.29, 1.82) is 0 Å². The van der Waals surface area contributed by atoms with E-state index in [2.05, 4.69) is 5.10 Å². The first-order valence-corrected chi connectivity index (χ1v) is 7.77. The maximum absolute atomic E-state index is 12.4. The Hall–Kier alpha value is -3.01. The first kappa shape index (κ1) is 15.9. The second-order valence-corrected chi connectivity index (χ2v) is 5.90. The molecule has 0 amide bonds. The molecule has 4 heteroatoms. The van der Waals surface area contributed by atoms with Crippen LogP contribution in [0.25, 0.3) is 11.3 Å². The van der Waals surface area contributed by atoms with Crippen molar-refractivity contribution in [2.45, 2.75) is 20.4 Å². The third-order valence-corrected chi connectivity index (χ3v) is 3.95. The Balaban J connectivity index is 2.00. The van der Waals surface area contributed by atoms with Crippen molar-refractivity contribution in [3.8, 4) is 11.3 Å². The normalized spacial score (nSPS) is 10.6. The van der Waals surface area contributed by atoms with E-state index in [4.69, 9.17) is 0 Å². The lowest BCUT2D eigenvalue weighted by Gasteiger charge is -2.10. The third-order valence-electron chi connectivity index (χ3n) is 3.95. The number of benzene rings is 2. The molecule has 0 radical (unpaired) electrons. The topological polar surface area (TPSA) is 52.0 Å². The van der Waals surface area contributed by atoms with Crippen LogP contribution >= 0.6 is 0 Å². The van der Waals surface area contributed by atoms with Gasteiger partial charge in [-0.15, -0.1) is 0 Å². The zero-order valence-corrected chi connectivity index (χ0v) is 13.7. The summed E-state index contributed by atoms with van der Waals surface area (Å²) in [5.74, 6) is 0. The van der Waals surface area contributed by atoms with Gasteiger partial charge in [-0.1, -0.05) is 54.1 Å². The minimum absolute atomic E-state index is 0.0937. The number of nitrogens with zero attached hydrogens (tertiary/aromatic N) is 2. The molecule has 0 aliphatic carbocycles. The molecule has 0 saturated heterocycles. The summed E-state index contributed by atoms with van der Waals surface area (Å²) in [5, 5.41) is 4.49. The molecule has 0 N–H and O–H groups in total. The first-order valence-electron chi connectivity index (χ1n) is 7.77. The van der Waals surface area contributed by atoms with E-state index in [0.29, 0.717) is 17.7 Å². The Morgan fingerprint density at radius 3 is 2.29 bits per heavy atom. The fraction of sp³-hybridized carbons (Fsp3) is 0.150. The molecular formula is C20H18N2O2. The summed E-state index contributed by atoms with van der Waals surface area (Å²) in [6.45, 7) is 4.25. The minimum atomic E-state index is -0.0937. The van der Waals surface area contributed by atoms with E-state index in [0.717, 1.165) is 23.1 Å². The van der Waals surface area contributed by atoms with Crippen molar-refractivity contribution in [2.75, 3.05) is 0 Å². The third kappa shape index (κ3) is 3.33. The largest absolute Gasteiger partial charge is 0.298 e. The maximum Gasteiger partial charge on any atom is 0.270 e. The highest BCUT2D eigenvalue weighted by molar-refractivity contribution is 5.76. The lowest BCUT2D eigenvalue weighted by molar-refractivity contribution is 0.112. The molecule has 3 rings (SSSR count). The minimum Gasteiger partial charge on any atom is -0.298 e. The quantitative estimate of drug-likeness (QED) is 0.693. The summed E-state index contributed by atoms with van der Waals surface area (Å²) in [5.41, 5.74) is 4.97. The smallest absolute Gasteiger partial charge is 0.270 e. The van der Waals surface area contributed by atoms with E-state index < -0.39 is 0 Å². The van der Waals surface area contributed by atoms with E-state index in [9.17, 15) is 9.59 Å². The van der Waals surface area contributed by atoms with E-state index in [1.54, 1.807) is 25.1 Å². The number of aldehydes is 1. The van der Waals surface area contributed by atoms with Gasteiger partial charge in [-0.2, -0.15) is 5.10 Å². The molecule has 24 heavy (non-hydrogen) atoms. The van der Waals surface area contributed by atoms with Crippen LogP contribution < -0.4 is 5.56 Å². The summed E-state index contributed by atoms with van der Waals surface area (Å²) in [4.78, 5) is 23.2. The number of rotatable bonds is 4. The van der Waals surface area contributed by atoms with Crippen LogP contribution in [0, 0.1) is 13.8 Å². The molecule has 1 aromatic heterocycles. The molecule has 0 unspecified atom stereocenters. The van der Waals surface area contributed by atoms with Gasteiger partial charge in [0.15, 0.2) is 0 Å². The van der Waals surface area contributed by atoms with Crippen molar-refractivity contribution < 1.29 is 4.79 Å². The van der Waals surface area contributed by atoms with Crippen LogP contribution in [0.2, 0.25) is 0 Å². The molecule has 0 aliphatic rings. The summed E-state index contributed by atoms with van der Waals surface area (Å²) in [7, 11) is 0. The van der Waals surface area contributed by atoms with Gasteiger partial charge in [0.25, 0.3) is 5.56 Å². The summed E-state index contributed by atoms with van der Waals surface area (Å²) in [6.07, 6.45) is 0.806. The molecule has 4 nitrogen and oxygen atoms in total. The molecule has 0 bridgehead atoms. The number of carbonyl (C=O) groups is 1. The Kier molecular flexibility index (Phi) is 4.38. The number of aryl methyl sites for hydroxylation is 2. The highest BCUT2D eigenvalue weighted by Crippen LogP contribution is 2.17. The van der Waals surface area contributed by atoms with Crippen molar-refractivity contribution in [3.05, 3.63) is 87.2 Å². The molecule has 3 aromatic rings. The lowest BCUT2D eigenvalue weighted by atomic mass is 10.1. The average Bonchev–Trinajstić information content (AvgIpc) is 2.60. The summed E-state index contributed by atoms with van der Waals surface area (Å²) < 4.78 is 1.49. The fourth-order valence-electron chi connectivity index (χ4n) is 2.52. The van der Waals surface area contributed by atoms with E-state index in [-0.39, 0.29) is 5.56 Å². The Bertz CT molecular complexity index is 923. The fourth-order valence-corrected chi connectivity index (χ4v) is 2.52. The second-order valence-electron chi connectivity index (χ2n) is 5.90. The first-order chi connectivity index (χ1) is 11.6. The maximum atomic E-state index is 12.4. The highest BCUT2D eigenvalue weighted by Gasteiger charge is 2.08. The van der Waals surface area contributed by atoms with Crippen molar-refractivity contribution in [1.82, 2.24) is 9.78 Å².